The average molecular weight is 354 g/mol. The number of aliphatic carboxylic acids is 1. The lowest BCUT2D eigenvalue weighted by atomic mass is 9.93. The Morgan fingerprint density at radius 2 is 2.00 bits per heavy atom. The van der Waals surface area contributed by atoms with Crippen molar-refractivity contribution in [1.29, 1.82) is 0 Å². The second kappa shape index (κ2) is 8.89. The van der Waals surface area contributed by atoms with Gasteiger partial charge in [0.25, 0.3) is 0 Å². The molecule has 7 heteroatoms. The van der Waals surface area contributed by atoms with Crippen LogP contribution in [0.3, 0.4) is 0 Å². The van der Waals surface area contributed by atoms with Gasteiger partial charge in [-0.15, -0.1) is 0 Å². The van der Waals surface area contributed by atoms with Crippen LogP contribution in [0, 0.1) is 17.6 Å². The Labute approximate surface area is 146 Å². The maximum absolute atomic E-state index is 13.8. The van der Waals surface area contributed by atoms with E-state index < -0.39 is 29.6 Å². The lowest BCUT2D eigenvalue weighted by Crippen LogP contribution is -2.38. The number of nitrogens with one attached hydrogen (secondary N) is 1. The summed E-state index contributed by atoms with van der Waals surface area (Å²) in [6.07, 6.45) is 3.03. The van der Waals surface area contributed by atoms with E-state index in [0.717, 1.165) is 57.1 Å². The fraction of sp³-hybridized carbons (Fsp3) is 0.556. The van der Waals surface area contributed by atoms with Crippen molar-refractivity contribution in [3.63, 3.8) is 0 Å². The first kappa shape index (κ1) is 19.3. The van der Waals surface area contributed by atoms with Gasteiger partial charge in [-0.2, -0.15) is 0 Å². The summed E-state index contributed by atoms with van der Waals surface area (Å²) in [5, 5.41) is 11.6. The Bertz CT molecular complexity index is 616. The smallest absolute Gasteiger partial charge is 0.331 e. The van der Waals surface area contributed by atoms with Crippen LogP contribution in [0.25, 0.3) is 0 Å². The number of carboxylic acids is 1. The van der Waals surface area contributed by atoms with Crippen molar-refractivity contribution in [1.82, 2.24) is 10.2 Å². The molecule has 2 N–H and O–H groups in total. The van der Waals surface area contributed by atoms with Crippen molar-refractivity contribution in [2.45, 2.75) is 38.6 Å². The minimum Gasteiger partial charge on any atom is -0.479 e. The van der Waals surface area contributed by atoms with Crippen LogP contribution in [-0.2, 0) is 9.59 Å². The highest BCUT2D eigenvalue weighted by Crippen LogP contribution is 2.23. The quantitative estimate of drug-likeness (QED) is 0.790. The van der Waals surface area contributed by atoms with Gasteiger partial charge >= 0.3 is 5.97 Å². The molecule has 0 spiro atoms. The first-order valence-electron chi connectivity index (χ1n) is 8.60. The first-order valence-corrected chi connectivity index (χ1v) is 8.60. The van der Waals surface area contributed by atoms with Crippen LogP contribution < -0.4 is 5.32 Å². The summed E-state index contributed by atoms with van der Waals surface area (Å²) in [6.45, 7) is 5.01. The monoisotopic (exact) mass is 354 g/mol. The second-order valence-electron chi connectivity index (χ2n) is 6.49. The Balaban J connectivity index is 1.95. The highest BCUT2D eigenvalue weighted by molar-refractivity contribution is 5.84. The Morgan fingerprint density at radius 3 is 2.60 bits per heavy atom. The average Bonchev–Trinajstić information content (AvgIpc) is 2.57. The molecule has 1 saturated heterocycles. The topological polar surface area (TPSA) is 69.6 Å². The Morgan fingerprint density at radius 1 is 1.32 bits per heavy atom. The minimum atomic E-state index is -1.59. The molecule has 1 unspecified atom stereocenters. The number of hydrogen-bond donors (Lipinski definition) is 2. The standard InChI is InChI=1S/C18H24F2N2O3/c1-2-7-22-8-5-12(6-9-22)10-16(23)21-17(18(24)25)14-11-13(19)3-4-15(14)20/h3-4,11-12,17H,2,5-10H2,1H3,(H,21,23)(H,24,25). The van der Waals surface area contributed by atoms with E-state index >= 15 is 0 Å². The van der Waals surface area contributed by atoms with Crippen molar-refractivity contribution in [3.8, 4) is 0 Å². The van der Waals surface area contributed by atoms with Crippen molar-refractivity contribution in [3.05, 3.63) is 35.4 Å². The summed E-state index contributed by atoms with van der Waals surface area (Å²) in [7, 11) is 0. The Kier molecular flexibility index (Phi) is 6.87. The number of piperidine rings is 1. The molecule has 0 aromatic heterocycles. The number of carbonyl (C=O) groups excluding carboxylic acids is 1. The lowest BCUT2D eigenvalue weighted by Gasteiger charge is -2.31. The third kappa shape index (κ3) is 5.49. The number of benzene rings is 1. The van der Waals surface area contributed by atoms with Crippen LogP contribution in [0.1, 0.15) is 44.2 Å². The molecule has 1 aromatic rings. The number of carboxylic acid groups (broad SMARTS) is 1. The van der Waals surface area contributed by atoms with E-state index in [1.165, 1.54) is 0 Å². The van der Waals surface area contributed by atoms with Crippen molar-refractivity contribution >= 4 is 11.9 Å². The fourth-order valence-corrected chi connectivity index (χ4v) is 3.22. The molecule has 1 heterocycles. The van der Waals surface area contributed by atoms with Gasteiger partial charge in [-0.25, -0.2) is 13.6 Å². The van der Waals surface area contributed by atoms with E-state index in [0.29, 0.717) is 0 Å². The van der Waals surface area contributed by atoms with Crippen molar-refractivity contribution < 1.29 is 23.5 Å². The van der Waals surface area contributed by atoms with Crippen molar-refractivity contribution in [2.24, 2.45) is 5.92 Å². The highest BCUT2D eigenvalue weighted by Gasteiger charge is 2.27. The molecule has 138 valence electrons. The Hall–Kier alpha value is -2.02. The number of likely N-dealkylation sites (tertiary alicyclic amines) is 1. The third-order valence-corrected chi connectivity index (χ3v) is 4.54. The molecule has 2 rings (SSSR count). The first-order chi connectivity index (χ1) is 11.9. The minimum absolute atomic E-state index is 0.180. The highest BCUT2D eigenvalue weighted by atomic mass is 19.1. The van der Waals surface area contributed by atoms with E-state index in [1.54, 1.807) is 0 Å². The summed E-state index contributed by atoms with van der Waals surface area (Å²) < 4.78 is 27.1. The number of carbonyl (C=O) groups is 2. The predicted molar refractivity (Wildman–Crippen MR) is 88.9 cm³/mol. The number of amides is 1. The molecule has 1 atom stereocenters. The van der Waals surface area contributed by atoms with E-state index in [2.05, 4.69) is 17.1 Å². The van der Waals surface area contributed by atoms with Gasteiger partial charge in [0.1, 0.15) is 11.6 Å². The van der Waals surface area contributed by atoms with E-state index in [-0.39, 0.29) is 17.9 Å². The van der Waals surface area contributed by atoms with Crippen LogP contribution in [0.5, 0.6) is 0 Å². The maximum Gasteiger partial charge on any atom is 0.331 e. The van der Waals surface area contributed by atoms with Crippen LogP contribution in [0.2, 0.25) is 0 Å². The molecule has 0 aliphatic carbocycles. The molecule has 1 aliphatic heterocycles. The van der Waals surface area contributed by atoms with Gasteiger partial charge in [0.05, 0.1) is 0 Å². The SMILES string of the molecule is CCCN1CCC(CC(=O)NC(C(=O)O)c2cc(F)ccc2F)CC1. The molecule has 1 fully saturated rings. The summed E-state index contributed by atoms with van der Waals surface area (Å²) in [5.41, 5.74) is -0.376. The summed E-state index contributed by atoms with van der Waals surface area (Å²) in [4.78, 5) is 25.9. The second-order valence-corrected chi connectivity index (χ2v) is 6.49. The van der Waals surface area contributed by atoms with E-state index in [9.17, 15) is 23.5 Å². The largest absolute Gasteiger partial charge is 0.479 e. The van der Waals surface area contributed by atoms with Gasteiger partial charge in [-0.3, -0.25) is 4.79 Å². The fourth-order valence-electron chi connectivity index (χ4n) is 3.22. The molecule has 25 heavy (non-hydrogen) atoms. The van der Waals surface area contributed by atoms with Gasteiger partial charge in [0, 0.05) is 12.0 Å². The van der Waals surface area contributed by atoms with E-state index in [4.69, 9.17) is 0 Å². The third-order valence-electron chi connectivity index (χ3n) is 4.54. The van der Waals surface area contributed by atoms with Gasteiger partial charge in [0.15, 0.2) is 6.04 Å². The van der Waals surface area contributed by atoms with Gasteiger partial charge in [-0.1, -0.05) is 6.92 Å². The molecule has 0 radical (unpaired) electrons. The van der Waals surface area contributed by atoms with Gasteiger partial charge in [-0.05, 0) is 63.0 Å². The molecule has 5 nitrogen and oxygen atoms in total. The molecule has 0 saturated carbocycles. The zero-order valence-corrected chi connectivity index (χ0v) is 14.3. The summed E-state index contributed by atoms with van der Waals surface area (Å²) in [5.74, 6) is -3.30. The van der Waals surface area contributed by atoms with Crippen LogP contribution in [-0.4, -0.2) is 41.5 Å². The maximum atomic E-state index is 13.8. The van der Waals surface area contributed by atoms with E-state index in [1.807, 2.05) is 0 Å². The molecule has 1 amide bonds. The van der Waals surface area contributed by atoms with Gasteiger partial charge in [0.2, 0.25) is 5.91 Å². The summed E-state index contributed by atoms with van der Waals surface area (Å²) in [6, 6.07) is 0.973. The molecular weight excluding hydrogens is 330 g/mol. The molecule has 1 aliphatic rings. The molecule has 0 bridgehead atoms. The normalized spacial score (nSPS) is 17.2. The zero-order valence-electron chi connectivity index (χ0n) is 14.3. The van der Waals surface area contributed by atoms with Crippen LogP contribution in [0.4, 0.5) is 8.78 Å². The van der Waals surface area contributed by atoms with Crippen LogP contribution >= 0.6 is 0 Å². The summed E-state index contributed by atoms with van der Waals surface area (Å²) >= 11 is 0. The zero-order chi connectivity index (χ0) is 18.4. The number of halogens is 2. The van der Waals surface area contributed by atoms with Gasteiger partial charge < -0.3 is 15.3 Å². The molecule has 1 aromatic carbocycles. The number of hydrogen-bond acceptors (Lipinski definition) is 3. The molecular formula is C18H24F2N2O3. The van der Waals surface area contributed by atoms with Crippen molar-refractivity contribution in [2.75, 3.05) is 19.6 Å². The predicted octanol–water partition coefficient (Wildman–Crippen LogP) is 2.72. The number of rotatable bonds is 7. The van der Waals surface area contributed by atoms with Crippen LogP contribution in [0.15, 0.2) is 18.2 Å². The lowest BCUT2D eigenvalue weighted by molar-refractivity contribution is -0.142. The number of nitrogens with zero attached hydrogens (tertiary/aromatic N) is 1.